The van der Waals surface area contributed by atoms with E-state index in [0.717, 1.165) is 19.0 Å². The van der Waals surface area contributed by atoms with E-state index in [2.05, 4.69) is 35.6 Å². The van der Waals surface area contributed by atoms with E-state index in [1.807, 2.05) is 0 Å². The predicted octanol–water partition coefficient (Wildman–Crippen LogP) is 2.68. The van der Waals surface area contributed by atoms with Crippen molar-refractivity contribution < 1.29 is 0 Å². The molecule has 1 atom stereocenters. The number of nitrogens with two attached hydrogens (primary N) is 1. The summed E-state index contributed by atoms with van der Waals surface area (Å²) >= 11 is 0. The zero-order chi connectivity index (χ0) is 11.9. The molecule has 1 aliphatic rings. The maximum absolute atomic E-state index is 5.85. The van der Waals surface area contributed by atoms with Gasteiger partial charge in [-0.05, 0) is 17.9 Å². The van der Waals surface area contributed by atoms with Crippen LogP contribution in [0, 0.1) is 5.92 Å². The van der Waals surface area contributed by atoms with E-state index in [0.29, 0.717) is 6.04 Å². The van der Waals surface area contributed by atoms with E-state index < -0.39 is 0 Å². The third-order valence-electron chi connectivity index (χ3n) is 3.81. The summed E-state index contributed by atoms with van der Waals surface area (Å²) in [5.74, 6) is 0.909. The zero-order valence-electron chi connectivity index (χ0n) is 10.6. The van der Waals surface area contributed by atoms with Gasteiger partial charge in [-0.15, -0.1) is 0 Å². The quantitative estimate of drug-likeness (QED) is 0.791. The zero-order valence-corrected chi connectivity index (χ0v) is 10.6. The van der Waals surface area contributed by atoms with Gasteiger partial charge in [0.25, 0.3) is 0 Å². The Balaban J connectivity index is 1.75. The van der Waals surface area contributed by atoms with Crippen molar-refractivity contribution in [3.8, 4) is 0 Å². The Hall–Kier alpha value is -0.860. The highest BCUT2D eigenvalue weighted by Crippen LogP contribution is 2.28. The molecule has 0 radical (unpaired) electrons. The van der Waals surface area contributed by atoms with Crippen LogP contribution in [-0.2, 0) is 6.54 Å². The Labute approximate surface area is 105 Å². The lowest BCUT2D eigenvalue weighted by molar-refractivity contribution is 0.390. The largest absolute Gasteiger partial charge is 0.329 e. The maximum atomic E-state index is 5.85. The topological polar surface area (TPSA) is 38.0 Å². The van der Waals surface area contributed by atoms with Crippen molar-refractivity contribution in [3.05, 3.63) is 35.9 Å². The second-order valence-electron chi connectivity index (χ2n) is 5.19. The van der Waals surface area contributed by atoms with Gasteiger partial charge in [-0.25, -0.2) is 0 Å². The molecule has 1 unspecified atom stereocenters. The summed E-state index contributed by atoms with van der Waals surface area (Å²) in [5, 5.41) is 3.59. The smallest absolute Gasteiger partial charge is 0.0208 e. The molecule has 1 aromatic carbocycles. The second-order valence-corrected chi connectivity index (χ2v) is 5.19. The third kappa shape index (κ3) is 4.14. The van der Waals surface area contributed by atoms with Crippen LogP contribution in [0.4, 0.5) is 0 Å². The van der Waals surface area contributed by atoms with E-state index in [9.17, 15) is 0 Å². The number of hydrogen-bond donors (Lipinski definition) is 2. The highest BCUT2D eigenvalue weighted by atomic mass is 14.9. The van der Waals surface area contributed by atoms with Crippen LogP contribution in [0.15, 0.2) is 30.3 Å². The SMILES string of the molecule is NCC(CC1CCCC1)NCc1ccccc1. The molecule has 0 bridgehead atoms. The number of rotatable bonds is 6. The Morgan fingerprint density at radius 2 is 1.88 bits per heavy atom. The van der Waals surface area contributed by atoms with E-state index in [1.165, 1.54) is 37.7 Å². The molecule has 2 nitrogen and oxygen atoms in total. The molecule has 94 valence electrons. The minimum absolute atomic E-state index is 0.485. The molecule has 0 heterocycles. The average Bonchev–Trinajstić information content (AvgIpc) is 2.88. The van der Waals surface area contributed by atoms with E-state index >= 15 is 0 Å². The van der Waals surface area contributed by atoms with Crippen molar-refractivity contribution in [1.29, 1.82) is 0 Å². The van der Waals surface area contributed by atoms with Crippen LogP contribution in [0.3, 0.4) is 0 Å². The Kier molecular flexibility index (Phi) is 5.02. The molecular weight excluding hydrogens is 208 g/mol. The summed E-state index contributed by atoms with van der Waals surface area (Å²) in [6.07, 6.45) is 6.90. The van der Waals surface area contributed by atoms with Crippen molar-refractivity contribution in [2.75, 3.05) is 6.54 Å². The molecule has 0 amide bonds. The average molecular weight is 232 g/mol. The summed E-state index contributed by atoms with van der Waals surface area (Å²) in [7, 11) is 0. The fraction of sp³-hybridized carbons (Fsp3) is 0.600. The first kappa shape index (κ1) is 12.6. The van der Waals surface area contributed by atoms with Gasteiger partial charge in [-0.3, -0.25) is 0 Å². The summed E-state index contributed by atoms with van der Waals surface area (Å²) in [6, 6.07) is 11.0. The molecule has 0 spiro atoms. The van der Waals surface area contributed by atoms with E-state index in [1.54, 1.807) is 0 Å². The molecule has 1 fully saturated rings. The van der Waals surface area contributed by atoms with Gasteiger partial charge >= 0.3 is 0 Å². The van der Waals surface area contributed by atoms with Crippen LogP contribution < -0.4 is 11.1 Å². The van der Waals surface area contributed by atoms with Crippen molar-refractivity contribution in [3.63, 3.8) is 0 Å². The third-order valence-corrected chi connectivity index (χ3v) is 3.81. The lowest BCUT2D eigenvalue weighted by Gasteiger charge is -2.20. The molecular formula is C15H24N2. The van der Waals surface area contributed by atoms with Crippen molar-refractivity contribution >= 4 is 0 Å². The number of benzene rings is 1. The van der Waals surface area contributed by atoms with Gasteiger partial charge in [0, 0.05) is 19.1 Å². The van der Waals surface area contributed by atoms with Gasteiger partial charge < -0.3 is 11.1 Å². The second kappa shape index (κ2) is 6.77. The molecule has 1 saturated carbocycles. The highest BCUT2D eigenvalue weighted by Gasteiger charge is 2.18. The Morgan fingerprint density at radius 1 is 1.18 bits per heavy atom. The van der Waals surface area contributed by atoms with Crippen molar-refractivity contribution in [2.45, 2.75) is 44.7 Å². The fourth-order valence-electron chi connectivity index (χ4n) is 2.77. The lowest BCUT2D eigenvalue weighted by atomic mass is 9.98. The van der Waals surface area contributed by atoms with E-state index in [4.69, 9.17) is 5.73 Å². The standard InChI is InChI=1S/C15H24N2/c16-11-15(10-13-6-4-5-7-13)17-12-14-8-2-1-3-9-14/h1-3,8-9,13,15,17H,4-7,10-12,16H2. The molecule has 0 aromatic heterocycles. The molecule has 1 aromatic rings. The first-order valence-electron chi connectivity index (χ1n) is 6.86. The number of hydrogen-bond acceptors (Lipinski definition) is 2. The van der Waals surface area contributed by atoms with Crippen LogP contribution in [0.5, 0.6) is 0 Å². The van der Waals surface area contributed by atoms with Crippen LogP contribution >= 0.6 is 0 Å². The lowest BCUT2D eigenvalue weighted by Crippen LogP contribution is -2.37. The number of nitrogens with one attached hydrogen (secondary N) is 1. The van der Waals surface area contributed by atoms with E-state index in [-0.39, 0.29) is 0 Å². The summed E-state index contributed by atoms with van der Waals surface area (Å²) in [6.45, 7) is 1.69. The molecule has 0 saturated heterocycles. The monoisotopic (exact) mass is 232 g/mol. The summed E-state index contributed by atoms with van der Waals surface area (Å²) in [5.41, 5.74) is 7.20. The minimum atomic E-state index is 0.485. The van der Waals surface area contributed by atoms with Gasteiger partial charge in [0.2, 0.25) is 0 Å². The normalized spacial score (nSPS) is 18.4. The first-order chi connectivity index (χ1) is 8.38. The predicted molar refractivity (Wildman–Crippen MR) is 72.7 cm³/mol. The Morgan fingerprint density at radius 3 is 2.53 bits per heavy atom. The van der Waals surface area contributed by atoms with Gasteiger partial charge in [-0.2, -0.15) is 0 Å². The van der Waals surface area contributed by atoms with Gasteiger partial charge in [0.1, 0.15) is 0 Å². The molecule has 0 aliphatic heterocycles. The summed E-state index contributed by atoms with van der Waals surface area (Å²) < 4.78 is 0. The van der Waals surface area contributed by atoms with Crippen molar-refractivity contribution in [2.24, 2.45) is 11.7 Å². The van der Waals surface area contributed by atoms with Crippen LogP contribution in [0.25, 0.3) is 0 Å². The Bertz CT molecular complexity index is 304. The van der Waals surface area contributed by atoms with Crippen LogP contribution in [-0.4, -0.2) is 12.6 Å². The highest BCUT2D eigenvalue weighted by molar-refractivity contribution is 5.14. The van der Waals surface area contributed by atoms with Gasteiger partial charge in [0.05, 0.1) is 0 Å². The maximum Gasteiger partial charge on any atom is 0.0208 e. The fourth-order valence-corrected chi connectivity index (χ4v) is 2.77. The first-order valence-corrected chi connectivity index (χ1v) is 6.86. The van der Waals surface area contributed by atoms with Gasteiger partial charge in [-0.1, -0.05) is 56.0 Å². The molecule has 2 rings (SSSR count). The van der Waals surface area contributed by atoms with Crippen LogP contribution in [0.1, 0.15) is 37.7 Å². The molecule has 3 N–H and O–H groups in total. The summed E-state index contributed by atoms with van der Waals surface area (Å²) in [4.78, 5) is 0. The van der Waals surface area contributed by atoms with Gasteiger partial charge in [0.15, 0.2) is 0 Å². The molecule has 17 heavy (non-hydrogen) atoms. The van der Waals surface area contributed by atoms with Crippen LogP contribution in [0.2, 0.25) is 0 Å². The molecule has 2 heteroatoms. The molecule has 1 aliphatic carbocycles. The van der Waals surface area contributed by atoms with Crippen molar-refractivity contribution in [1.82, 2.24) is 5.32 Å². The minimum Gasteiger partial charge on any atom is -0.329 e.